The van der Waals surface area contributed by atoms with Gasteiger partial charge in [0.2, 0.25) is 5.91 Å². The van der Waals surface area contributed by atoms with Gasteiger partial charge in [0.25, 0.3) is 0 Å². The number of benzene rings is 1. The van der Waals surface area contributed by atoms with Gasteiger partial charge in [0.05, 0.1) is 17.8 Å². The molecule has 0 bridgehead atoms. The van der Waals surface area contributed by atoms with Crippen molar-refractivity contribution in [3.05, 3.63) is 65.6 Å². The van der Waals surface area contributed by atoms with Gasteiger partial charge in [0.1, 0.15) is 10.8 Å². The molecule has 1 aromatic carbocycles. The molecule has 1 amide bonds. The minimum atomic E-state index is -0.318. The van der Waals surface area contributed by atoms with Gasteiger partial charge in [-0.05, 0) is 43.3 Å². The Morgan fingerprint density at radius 3 is 2.67 bits per heavy atom. The van der Waals surface area contributed by atoms with Gasteiger partial charge in [-0.15, -0.1) is 11.3 Å². The second-order valence-electron chi connectivity index (χ2n) is 5.15. The molecule has 2 heterocycles. The summed E-state index contributed by atoms with van der Waals surface area (Å²) in [5.74, 6) is -0.385. The average molecular weight is 341 g/mol. The molecule has 0 saturated heterocycles. The summed E-state index contributed by atoms with van der Waals surface area (Å²) in [7, 11) is 0. The van der Waals surface area contributed by atoms with Gasteiger partial charge in [-0.25, -0.2) is 9.37 Å². The minimum Gasteiger partial charge on any atom is -0.312 e. The van der Waals surface area contributed by atoms with Crippen molar-refractivity contribution in [2.24, 2.45) is 0 Å². The van der Waals surface area contributed by atoms with Crippen LogP contribution in [-0.2, 0) is 11.2 Å². The molecule has 3 rings (SSSR count). The molecule has 0 atom stereocenters. The number of halogens is 1. The summed E-state index contributed by atoms with van der Waals surface area (Å²) >= 11 is 1.47. The van der Waals surface area contributed by atoms with Crippen molar-refractivity contribution in [2.75, 3.05) is 11.4 Å². The van der Waals surface area contributed by atoms with Crippen LogP contribution < -0.4 is 4.90 Å². The number of hydrogen-bond donors (Lipinski definition) is 0. The number of rotatable bonds is 5. The second-order valence-corrected chi connectivity index (χ2v) is 6.01. The predicted octanol–water partition coefficient (Wildman–Crippen LogP) is 3.94. The third kappa shape index (κ3) is 3.65. The molecule has 2 aromatic heterocycles. The Morgan fingerprint density at radius 1 is 1.21 bits per heavy atom. The third-order valence-electron chi connectivity index (χ3n) is 3.52. The Kier molecular flexibility index (Phi) is 4.96. The van der Waals surface area contributed by atoms with Crippen LogP contribution in [0.15, 0.2) is 54.0 Å². The standard InChI is InChI=1S/C18H16FN3OS/c1-2-22(15-8-6-13(19)7-9-15)17(23)11-14-12-24-18(21-14)16-5-3-4-10-20-16/h3-10,12H,2,11H2,1H3. The highest BCUT2D eigenvalue weighted by Gasteiger charge is 2.16. The average Bonchev–Trinajstić information content (AvgIpc) is 3.06. The summed E-state index contributed by atoms with van der Waals surface area (Å²) in [6.07, 6.45) is 1.92. The molecule has 0 aliphatic carbocycles. The van der Waals surface area contributed by atoms with Crippen LogP contribution in [-0.4, -0.2) is 22.4 Å². The minimum absolute atomic E-state index is 0.0676. The van der Waals surface area contributed by atoms with E-state index in [1.54, 1.807) is 23.2 Å². The van der Waals surface area contributed by atoms with Crippen LogP contribution in [0, 0.1) is 5.82 Å². The summed E-state index contributed by atoms with van der Waals surface area (Å²) < 4.78 is 13.0. The van der Waals surface area contributed by atoms with Crippen molar-refractivity contribution in [1.29, 1.82) is 0 Å². The first kappa shape index (κ1) is 16.3. The highest BCUT2D eigenvalue weighted by Crippen LogP contribution is 2.22. The van der Waals surface area contributed by atoms with Gasteiger partial charge in [-0.3, -0.25) is 9.78 Å². The fourth-order valence-electron chi connectivity index (χ4n) is 2.37. The number of carbonyl (C=O) groups is 1. The van der Waals surface area contributed by atoms with Gasteiger partial charge >= 0.3 is 0 Å². The quantitative estimate of drug-likeness (QED) is 0.706. The largest absolute Gasteiger partial charge is 0.312 e. The van der Waals surface area contributed by atoms with Gasteiger partial charge in [0, 0.05) is 23.8 Å². The molecule has 0 fully saturated rings. The zero-order valence-electron chi connectivity index (χ0n) is 13.1. The molecule has 4 nitrogen and oxygen atoms in total. The first-order valence-corrected chi connectivity index (χ1v) is 8.47. The highest BCUT2D eigenvalue weighted by atomic mass is 32.1. The zero-order chi connectivity index (χ0) is 16.9. The summed E-state index contributed by atoms with van der Waals surface area (Å²) in [4.78, 5) is 22.9. The van der Waals surface area contributed by atoms with E-state index in [0.29, 0.717) is 17.9 Å². The SMILES string of the molecule is CCN(C(=O)Cc1csc(-c2ccccn2)n1)c1ccc(F)cc1. The summed E-state index contributed by atoms with van der Waals surface area (Å²) in [5, 5.41) is 2.67. The lowest BCUT2D eigenvalue weighted by Crippen LogP contribution is -2.32. The van der Waals surface area contributed by atoms with Crippen LogP contribution in [0.3, 0.4) is 0 Å². The number of pyridine rings is 1. The number of thiazole rings is 1. The molecule has 0 unspecified atom stereocenters. The zero-order valence-corrected chi connectivity index (χ0v) is 14.0. The number of hydrogen-bond acceptors (Lipinski definition) is 4. The first-order chi connectivity index (χ1) is 11.7. The number of carbonyl (C=O) groups excluding carboxylic acids is 1. The molecular weight excluding hydrogens is 325 g/mol. The Hall–Kier alpha value is -2.60. The van der Waals surface area contributed by atoms with Crippen LogP contribution in [0.25, 0.3) is 10.7 Å². The number of amides is 1. The van der Waals surface area contributed by atoms with Crippen molar-refractivity contribution < 1.29 is 9.18 Å². The summed E-state index contributed by atoms with van der Waals surface area (Å²) in [6.45, 7) is 2.41. The van der Waals surface area contributed by atoms with Crippen LogP contribution in [0.1, 0.15) is 12.6 Å². The number of nitrogens with zero attached hydrogens (tertiary/aromatic N) is 3. The van der Waals surface area contributed by atoms with E-state index in [9.17, 15) is 9.18 Å². The lowest BCUT2D eigenvalue weighted by Gasteiger charge is -2.20. The molecule has 3 aromatic rings. The molecular formula is C18H16FN3OS. The topological polar surface area (TPSA) is 46.1 Å². The molecule has 0 spiro atoms. The normalized spacial score (nSPS) is 10.6. The molecule has 0 aliphatic rings. The van der Waals surface area contributed by atoms with Crippen molar-refractivity contribution >= 4 is 22.9 Å². The first-order valence-electron chi connectivity index (χ1n) is 7.59. The van der Waals surface area contributed by atoms with Crippen molar-refractivity contribution in [3.63, 3.8) is 0 Å². The van der Waals surface area contributed by atoms with E-state index >= 15 is 0 Å². The third-order valence-corrected chi connectivity index (χ3v) is 4.44. The molecule has 6 heteroatoms. The molecule has 0 saturated carbocycles. The highest BCUT2D eigenvalue weighted by molar-refractivity contribution is 7.13. The maximum absolute atomic E-state index is 13.0. The van der Waals surface area contributed by atoms with Crippen LogP contribution >= 0.6 is 11.3 Å². The Balaban J connectivity index is 1.74. The van der Waals surface area contributed by atoms with E-state index in [1.165, 1.54) is 23.5 Å². The van der Waals surface area contributed by atoms with Crippen LogP contribution in [0.2, 0.25) is 0 Å². The second kappa shape index (κ2) is 7.31. The Morgan fingerprint density at radius 2 is 2.00 bits per heavy atom. The lowest BCUT2D eigenvalue weighted by molar-refractivity contribution is -0.118. The smallest absolute Gasteiger partial charge is 0.233 e. The van der Waals surface area contributed by atoms with E-state index < -0.39 is 0 Å². The Labute approximate surface area is 143 Å². The van der Waals surface area contributed by atoms with Crippen molar-refractivity contribution in [1.82, 2.24) is 9.97 Å². The lowest BCUT2D eigenvalue weighted by atomic mass is 10.2. The molecule has 0 radical (unpaired) electrons. The van der Waals surface area contributed by atoms with E-state index in [1.807, 2.05) is 30.5 Å². The van der Waals surface area contributed by atoms with Crippen molar-refractivity contribution in [2.45, 2.75) is 13.3 Å². The predicted molar refractivity (Wildman–Crippen MR) is 93.5 cm³/mol. The maximum Gasteiger partial charge on any atom is 0.233 e. The number of anilines is 1. The monoisotopic (exact) mass is 341 g/mol. The molecule has 0 aliphatic heterocycles. The van der Waals surface area contributed by atoms with E-state index in [2.05, 4.69) is 9.97 Å². The van der Waals surface area contributed by atoms with E-state index in [-0.39, 0.29) is 18.1 Å². The summed E-state index contributed by atoms with van der Waals surface area (Å²) in [5.41, 5.74) is 2.20. The van der Waals surface area contributed by atoms with E-state index in [0.717, 1.165) is 10.7 Å². The fourth-order valence-corrected chi connectivity index (χ4v) is 3.16. The number of aromatic nitrogens is 2. The van der Waals surface area contributed by atoms with Gasteiger partial charge in [-0.2, -0.15) is 0 Å². The van der Waals surface area contributed by atoms with E-state index in [4.69, 9.17) is 0 Å². The van der Waals surface area contributed by atoms with Crippen LogP contribution in [0.4, 0.5) is 10.1 Å². The number of likely N-dealkylation sites (N-methyl/N-ethyl adjacent to an activating group) is 1. The molecule has 24 heavy (non-hydrogen) atoms. The van der Waals surface area contributed by atoms with Gasteiger partial charge < -0.3 is 4.90 Å². The van der Waals surface area contributed by atoms with Gasteiger partial charge in [-0.1, -0.05) is 6.07 Å². The van der Waals surface area contributed by atoms with Gasteiger partial charge in [0.15, 0.2) is 0 Å². The fraction of sp³-hybridized carbons (Fsp3) is 0.167. The Bertz CT molecular complexity index is 818. The summed E-state index contributed by atoms with van der Waals surface area (Å²) in [6, 6.07) is 11.6. The molecule has 122 valence electrons. The van der Waals surface area contributed by atoms with Crippen LogP contribution in [0.5, 0.6) is 0 Å². The molecule has 0 N–H and O–H groups in total. The maximum atomic E-state index is 13.0. The van der Waals surface area contributed by atoms with Crippen molar-refractivity contribution in [3.8, 4) is 10.7 Å².